The number of nitrogens with zero attached hydrogens (tertiary/aromatic N) is 1. The number of likely N-dealkylation sites (tertiary alicyclic amines) is 1. The van der Waals surface area contributed by atoms with Crippen LogP contribution in [0.15, 0.2) is 24.3 Å². The standard InChI is InChI=1S/C19H29NO3/c1-3-5-11-18(15-8-6-10-17(13-15)23-4-2)20-12-7-9-16(14-20)19(21)22/h6,8,10,13,16,18H,3-5,7,9,11-12,14H2,1-2H3,(H,21,22). The average Bonchev–Trinajstić information content (AvgIpc) is 2.56. The Morgan fingerprint density at radius 1 is 1.43 bits per heavy atom. The number of piperidine rings is 1. The molecule has 0 aromatic heterocycles. The maximum atomic E-state index is 11.4. The number of carbonyl (C=O) groups is 1. The number of hydrogen-bond donors (Lipinski definition) is 1. The molecule has 0 aliphatic carbocycles. The van der Waals surface area contributed by atoms with Crippen molar-refractivity contribution in [1.82, 2.24) is 4.90 Å². The summed E-state index contributed by atoms with van der Waals surface area (Å²) in [5, 5.41) is 9.35. The van der Waals surface area contributed by atoms with Gasteiger partial charge in [0.05, 0.1) is 12.5 Å². The molecular formula is C19H29NO3. The molecule has 2 unspecified atom stereocenters. The van der Waals surface area contributed by atoms with E-state index < -0.39 is 5.97 Å². The lowest BCUT2D eigenvalue weighted by Crippen LogP contribution is -2.40. The van der Waals surface area contributed by atoms with Gasteiger partial charge in [-0.05, 0) is 50.4 Å². The first-order valence-corrected chi connectivity index (χ1v) is 8.85. The molecule has 1 heterocycles. The molecule has 1 aliphatic heterocycles. The summed E-state index contributed by atoms with van der Waals surface area (Å²) in [5.41, 5.74) is 1.25. The van der Waals surface area contributed by atoms with Gasteiger partial charge in [-0.3, -0.25) is 9.69 Å². The second kappa shape index (κ2) is 8.92. The normalized spacial score (nSPS) is 20.2. The Balaban J connectivity index is 2.18. The van der Waals surface area contributed by atoms with Gasteiger partial charge < -0.3 is 9.84 Å². The van der Waals surface area contributed by atoms with Crippen molar-refractivity contribution in [2.24, 2.45) is 5.92 Å². The van der Waals surface area contributed by atoms with Gasteiger partial charge in [0.1, 0.15) is 5.75 Å². The third-order valence-electron chi connectivity index (χ3n) is 4.63. The van der Waals surface area contributed by atoms with Crippen molar-refractivity contribution in [3.63, 3.8) is 0 Å². The molecule has 1 N–H and O–H groups in total. The first-order chi connectivity index (χ1) is 11.2. The molecule has 2 atom stereocenters. The summed E-state index contributed by atoms with van der Waals surface area (Å²) in [6, 6.07) is 8.58. The lowest BCUT2D eigenvalue weighted by molar-refractivity contribution is -0.144. The minimum Gasteiger partial charge on any atom is -0.494 e. The zero-order chi connectivity index (χ0) is 16.7. The highest BCUT2D eigenvalue weighted by molar-refractivity contribution is 5.70. The number of aliphatic carboxylic acids is 1. The lowest BCUT2D eigenvalue weighted by Gasteiger charge is -2.37. The van der Waals surface area contributed by atoms with Gasteiger partial charge in [-0.2, -0.15) is 0 Å². The molecule has 0 bridgehead atoms. The molecule has 1 aliphatic rings. The number of ether oxygens (including phenoxy) is 1. The molecule has 0 radical (unpaired) electrons. The van der Waals surface area contributed by atoms with Crippen LogP contribution >= 0.6 is 0 Å². The summed E-state index contributed by atoms with van der Waals surface area (Å²) < 4.78 is 5.64. The first-order valence-electron chi connectivity index (χ1n) is 8.85. The maximum absolute atomic E-state index is 11.4. The van der Waals surface area contributed by atoms with Crippen LogP contribution in [0, 0.1) is 5.92 Å². The third-order valence-corrected chi connectivity index (χ3v) is 4.63. The summed E-state index contributed by atoms with van der Waals surface area (Å²) >= 11 is 0. The van der Waals surface area contributed by atoms with Gasteiger partial charge >= 0.3 is 5.97 Å². The monoisotopic (exact) mass is 319 g/mol. The quantitative estimate of drug-likeness (QED) is 0.783. The fourth-order valence-corrected chi connectivity index (χ4v) is 3.43. The van der Waals surface area contributed by atoms with Crippen molar-refractivity contribution in [3.8, 4) is 5.75 Å². The number of unbranched alkanes of at least 4 members (excludes halogenated alkanes) is 1. The predicted octanol–water partition coefficient (Wildman–Crippen LogP) is 4.11. The fraction of sp³-hybridized carbons (Fsp3) is 0.632. The van der Waals surface area contributed by atoms with Crippen molar-refractivity contribution >= 4 is 5.97 Å². The third kappa shape index (κ3) is 4.96. The summed E-state index contributed by atoms with van der Waals surface area (Å²) in [4.78, 5) is 13.7. The number of carboxylic acids is 1. The molecule has 0 amide bonds. The molecule has 23 heavy (non-hydrogen) atoms. The highest BCUT2D eigenvalue weighted by Crippen LogP contribution is 2.32. The lowest BCUT2D eigenvalue weighted by atomic mass is 9.92. The van der Waals surface area contributed by atoms with E-state index in [0.717, 1.165) is 44.4 Å². The van der Waals surface area contributed by atoms with Crippen LogP contribution in [0.5, 0.6) is 5.75 Å². The minimum absolute atomic E-state index is 0.233. The smallest absolute Gasteiger partial charge is 0.307 e. The number of carboxylic acid groups (broad SMARTS) is 1. The average molecular weight is 319 g/mol. The first kappa shape index (κ1) is 17.8. The van der Waals surface area contributed by atoms with E-state index in [1.165, 1.54) is 5.56 Å². The Morgan fingerprint density at radius 3 is 2.96 bits per heavy atom. The van der Waals surface area contributed by atoms with Crippen LogP contribution in [0.1, 0.15) is 57.6 Å². The molecule has 0 spiro atoms. The zero-order valence-corrected chi connectivity index (χ0v) is 14.3. The second-order valence-electron chi connectivity index (χ2n) is 6.34. The summed E-state index contributed by atoms with van der Waals surface area (Å²) in [7, 11) is 0. The van der Waals surface area contributed by atoms with E-state index in [-0.39, 0.29) is 12.0 Å². The Kier molecular flexibility index (Phi) is 6.90. The van der Waals surface area contributed by atoms with E-state index in [1.54, 1.807) is 0 Å². The van der Waals surface area contributed by atoms with Gasteiger partial charge in [-0.15, -0.1) is 0 Å². The topological polar surface area (TPSA) is 49.8 Å². The summed E-state index contributed by atoms with van der Waals surface area (Å²) in [5.74, 6) is 0.00764. The van der Waals surface area contributed by atoms with Crippen LogP contribution in [0.25, 0.3) is 0 Å². The number of hydrogen-bond acceptors (Lipinski definition) is 3. The summed E-state index contributed by atoms with van der Waals surface area (Å²) in [6.45, 7) is 6.49. The number of benzene rings is 1. The molecular weight excluding hydrogens is 290 g/mol. The second-order valence-corrected chi connectivity index (χ2v) is 6.34. The van der Waals surface area contributed by atoms with E-state index >= 15 is 0 Å². The molecule has 1 aromatic rings. The van der Waals surface area contributed by atoms with Gasteiger partial charge in [0.25, 0.3) is 0 Å². The molecule has 0 saturated carbocycles. The fourth-order valence-electron chi connectivity index (χ4n) is 3.43. The Labute approximate surface area is 139 Å². The van der Waals surface area contributed by atoms with Crippen LogP contribution in [0.4, 0.5) is 0 Å². The largest absolute Gasteiger partial charge is 0.494 e. The SMILES string of the molecule is CCCCC(c1cccc(OCC)c1)N1CCCC(C(=O)O)C1. The van der Waals surface area contributed by atoms with Gasteiger partial charge in [0.15, 0.2) is 0 Å². The van der Waals surface area contributed by atoms with Crippen LogP contribution in [-0.2, 0) is 4.79 Å². The highest BCUT2D eigenvalue weighted by Gasteiger charge is 2.30. The van der Waals surface area contributed by atoms with Gasteiger partial charge in [0.2, 0.25) is 0 Å². The van der Waals surface area contributed by atoms with Crippen molar-refractivity contribution in [2.75, 3.05) is 19.7 Å². The van der Waals surface area contributed by atoms with Crippen LogP contribution in [0.3, 0.4) is 0 Å². The molecule has 128 valence electrons. The summed E-state index contributed by atoms with van der Waals surface area (Å²) in [6.07, 6.45) is 5.13. The van der Waals surface area contributed by atoms with Gasteiger partial charge in [-0.25, -0.2) is 0 Å². The van der Waals surface area contributed by atoms with E-state index in [1.807, 2.05) is 19.1 Å². The molecule has 1 aromatic carbocycles. The molecule has 1 fully saturated rings. The van der Waals surface area contributed by atoms with E-state index in [9.17, 15) is 9.90 Å². The highest BCUT2D eigenvalue weighted by atomic mass is 16.5. The number of rotatable bonds is 8. The molecule has 2 rings (SSSR count). The predicted molar refractivity (Wildman–Crippen MR) is 91.8 cm³/mol. The van der Waals surface area contributed by atoms with Crippen molar-refractivity contribution in [2.45, 2.75) is 52.0 Å². The van der Waals surface area contributed by atoms with E-state index in [4.69, 9.17) is 4.74 Å². The van der Waals surface area contributed by atoms with Gasteiger partial charge in [-0.1, -0.05) is 31.9 Å². The molecule has 4 heteroatoms. The van der Waals surface area contributed by atoms with E-state index in [2.05, 4.69) is 24.0 Å². The molecule has 1 saturated heterocycles. The Hall–Kier alpha value is -1.55. The van der Waals surface area contributed by atoms with Crippen LogP contribution in [0.2, 0.25) is 0 Å². The van der Waals surface area contributed by atoms with Crippen molar-refractivity contribution < 1.29 is 14.6 Å². The molecule has 4 nitrogen and oxygen atoms in total. The Morgan fingerprint density at radius 2 is 2.26 bits per heavy atom. The van der Waals surface area contributed by atoms with Crippen LogP contribution in [-0.4, -0.2) is 35.7 Å². The van der Waals surface area contributed by atoms with E-state index in [0.29, 0.717) is 13.2 Å². The van der Waals surface area contributed by atoms with Crippen molar-refractivity contribution in [1.29, 1.82) is 0 Å². The zero-order valence-electron chi connectivity index (χ0n) is 14.3. The maximum Gasteiger partial charge on any atom is 0.307 e. The van der Waals surface area contributed by atoms with Gasteiger partial charge in [0, 0.05) is 12.6 Å². The Bertz CT molecular complexity index is 503. The minimum atomic E-state index is -0.660. The van der Waals surface area contributed by atoms with Crippen molar-refractivity contribution in [3.05, 3.63) is 29.8 Å². The van der Waals surface area contributed by atoms with Crippen LogP contribution < -0.4 is 4.74 Å².